The third kappa shape index (κ3) is 2.55. The van der Waals surface area contributed by atoms with Crippen LogP contribution in [0.3, 0.4) is 0 Å². The van der Waals surface area contributed by atoms with E-state index in [9.17, 15) is 12.6 Å². The summed E-state index contributed by atoms with van der Waals surface area (Å²) >= 11 is -4.43. The standard InChI is InChI=1S/C4H4O7S4/c5-13(6)1-2(14(7)8)4(15(9)10)11-3(1)12/h12H,(H,5,6)(H,7,8)(H,9,10). The third-order valence-electron chi connectivity index (χ3n) is 1.28. The molecule has 0 aliphatic rings. The molecule has 0 bridgehead atoms. The highest BCUT2D eigenvalue weighted by atomic mass is 32.2. The molecule has 7 nitrogen and oxygen atoms in total. The molecule has 3 atom stereocenters. The largest absolute Gasteiger partial charge is 0.436 e. The van der Waals surface area contributed by atoms with Gasteiger partial charge in [0.15, 0.2) is 27.3 Å². The fraction of sp³-hybridized carbons (Fsp3) is 0. The van der Waals surface area contributed by atoms with Crippen LogP contribution in [0.2, 0.25) is 0 Å². The van der Waals surface area contributed by atoms with Gasteiger partial charge in [-0.1, -0.05) is 0 Å². The van der Waals surface area contributed by atoms with Gasteiger partial charge in [-0.15, -0.1) is 12.6 Å². The van der Waals surface area contributed by atoms with Crippen LogP contribution >= 0.6 is 12.6 Å². The van der Waals surface area contributed by atoms with Crippen LogP contribution in [0, 0.1) is 0 Å². The minimum Gasteiger partial charge on any atom is -0.436 e. The second-order valence-electron chi connectivity index (χ2n) is 2.10. The molecule has 86 valence electrons. The molecule has 0 saturated carbocycles. The fourth-order valence-electron chi connectivity index (χ4n) is 0.790. The molecule has 1 aromatic rings. The average molecular weight is 292 g/mol. The third-order valence-corrected chi connectivity index (χ3v) is 4.09. The van der Waals surface area contributed by atoms with Gasteiger partial charge in [-0.25, -0.2) is 12.6 Å². The van der Waals surface area contributed by atoms with E-state index >= 15 is 0 Å². The monoisotopic (exact) mass is 292 g/mol. The number of furan rings is 1. The first-order valence-electron chi connectivity index (χ1n) is 3.04. The molecule has 0 aliphatic carbocycles. The Morgan fingerprint density at radius 3 is 1.73 bits per heavy atom. The van der Waals surface area contributed by atoms with Gasteiger partial charge in [-0.05, 0) is 0 Å². The van der Waals surface area contributed by atoms with E-state index in [0.717, 1.165) is 0 Å². The van der Waals surface area contributed by atoms with Crippen LogP contribution in [0.4, 0.5) is 0 Å². The molecular weight excluding hydrogens is 288 g/mol. The Bertz CT molecular complexity index is 462. The van der Waals surface area contributed by atoms with Crippen molar-refractivity contribution in [2.45, 2.75) is 20.0 Å². The zero-order chi connectivity index (χ0) is 11.7. The Morgan fingerprint density at radius 1 is 0.933 bits per heavy atom. The van der Waals surface area contributed by atoms with Crippen molar-refractivity contribution in [1.82, 2.24) is 0 Å². The maximum Gasteiger partial charge on any atom is 0.239 e. The Labute approximate surface area is 96.5 Å². The van der Waals surface area contributed by atoms with Crippen LogP contribution in [0.25, 0.3) is 0 Å². The summed E-state index contributed by atoms with van der Waals surface area (Å²) < 4.78 is 63.0. The normalized spacial score (nSPS) is 17.3. The molecule has 3 unspecified atom stereocenters. The van der Waals surface area contributed by atoms with Crippen molar-refractivity contribution in [2.24, 2.45) is 0 Å². The molecule has 3 N–H and O–H groups in total. The van der Waals surface area contributed by atoms with Crippen molar-refractivity contribution in [3.63, 3.8) is 0 Å². The lowest BCUT2D eigenvalue weighted by Gasteiger charge is -1.94. The van der Waals surface area contributed by atoms with Gasteiger partial charge in [0.25, 0.3) is 0 Å². The highest BCUT2D eigenvalue weighted by Gasteiger charge is 2.29. The van der Waals surface area contributed by atoms with Crippen molar-refractivity contribution in [1.29, 1.82) is 0 Å². The second kappa shape index (κ2) is 4.86. The summed E-state index contributed by atoms with van der Waals surface area (Å²) in [5, 5.41) is -1.22. The van der Waals surface area contributed by atoms with Crippen LogP contribution in [0.15, 0.2) is 24.4 Å². The molecule has 15 heavy (non-hydrogen) atoms. The summed E-state index contributed by atoms with van der Waals surface area (Å²) in [6.45, 7) is 0. The summed E-state index contributed by atoms with van der Waals surface area (Å²) in [6, 6.07) is 0. The van der Waals surface area contributed by atoms with E-state index in [2.05, 4.69) is 17.0 Å². The molecule has 0 spiro atoms. The van der Waals surface area contributed by atoms with Crippen molar-refractivity contribution in [2.75, 3.05) is 0 Å². The van der Waals surface area contributed by atoms with E-state index in [4.69, 9.17) is 13.7 Å². The van der Waals surface area contributed by atoms with Crippen LogP contribution in [0.5, 0.6) is 0 Å². The van der Waals surface area contributed by atoms with Gasteiger partial charge >= 0.3 is 0 Å². The van der Waals surface area contributed by atoms with Crippen LogP contribution in [-0.4, -0.2) is 26.3 Å². The lowest BCUT2D eigenvalue weighted by molar-refractivity contribution is 0.365. The first kappa shape index (κ1) is 13.0. The smallest absolute Gasteiger partial charge is 0.239 e. The van der Waals surface area contributed by atoms with Gasteiger partial charge in [0.05, 0.1) is 0 Å². The summed E-state index contributed by atoms with van der Waals surface area (Å²) in [6.07, 6.45) is 0. The molecule has 0 aliphatic heterocycles. The molecule has 1 aromatic heterocycles. The molecule has 0 radical (unpaired) electrons. The zero-order valence-electron chi connectivity index (χ0n) is 6.65. The average Bonchev–Trinajstić information content (AvgIpc) is 2.42. The quantitative estimate of drug-likeness (QED) is 0.466. The summed E-state index contributed by atoms with van der Waals surface area (Å²) in [4.78, 5) is -1.29. The van der Waals surface area contributed by atoms with Crippen molar-refractivity contribution in [3.05, 3.63) is 0 Å². The molecule has 0 fully saturated rings. The predicted octanol–water partition coefficient (Wildman–Crippen LogP) is 0.310. The van der Waals surface area contributed by atoms with E-state index in [0.29, 0.717) is 0 Å². The molecule has 0 aromatic carbocycles. The maximum atomic E-state index is 10.8. The molecule has 11 heteroatoms. The highest BCUT2D eigenvalue weighted by molar-refractivity contribution is 7.85. The number of hydrogen-bond donors (Lipinski definition) is 4. The second-order valence-corrected chi connectivity index (χ2v) is 5.19. The predicted molar refractivity (Wildman–Crippen MR) is 53.1 cm³/mol. The van der Waals surface area contributed by atoms with E-state index in [1.807, 2.05) is 0 Å². The topological polar surface area (TPSA) is 125 Å². The Hall–Kier alpha value is -0.0400. The number of hydrogen-bond acceptors (Lipinski definition) is 5. The van der Waals surface area contributed by atoms with Crippen LogP contribution < -0.4 is 0 Å². The summed E-state index contributed by atoms with van der Waals surface area (Å²) in [5.41, 5.74) is 0. The van der Waals surface area contributed by atoms with Crippen LogP contribution in [-0.2, 0) is 33.2 Å². The molecule has 0 saturated heterocycles. The highest BCUT2D eigenvalue weighted by Crippen LogP contribution is 2.32. The van der Waals surface area contributed by atoms with Crippen LogP contribution in [0.1, 0.15) is 0 Å². The number of thiol groups is 1. The van der Waals surface area contributed by atoms with E-state index < -0.39 is 53.2 Å². The Balaban J connectivity index is 3.59. The minimum absolute atomic E-state index is 0.453. The number of rotatable bonds is 3. The lowest BCUT2D eigenvalue weighted by atomic mass is 10.6. The SMILES string of the molecule is O=S(O)c1oc(S)c(S(=O)O)c1S(=O)O. The van der Waals surface area contributed by atoms with Crippen molar-refractivity contribution in [3.8, 4) is 0 Å². The summed E-state index contributed by atoms with van der Waals surface area (Å²) in [7, 11) is 0. The Kier molecular flexibility index (Phi) is 4.22. The van der Waals surface area contributed by atoms with Gasteiger partial charge < -0.3 is 13.5 Å². The van der Waals surface area contributed by atoms with Crippen molar-refractivity contribution < 1.29 is 30.7 Å². The molecule has 1 rings (SSSR count). The van der Waals surface area contributed by atoms with Gasteiger partial charge in [0.1, 0.15) is 9.79 Å². The minimum atomic E-state index is -2.72. The lowest BCUT2D eigenvalue weighted by Crippen LogP contribution is -1.99. The van der Waals surface area contributed by atoms with Crippen molar-refractivity contribution >= 4 is 45.9 Å². The fourth-order valence-corrected chi connectivity index (χ4v) is 3.58. The van der Waals surface area contributed by atoms with E-state index in [-0.39, 0.29) is 0 Å². The van der Waals surface area contributed by atoms with Gasteiger partial charge in [-0.2, -0.15) is 0 Å². The first-order valence-corrected chi connectivity index (χ1v) is 6.81. The van der Waals surface area contributed by atoms with Gasteiger partial charge in [-0.3, -0.25) is 4.55 Å². The first-order chi connectivity index (χ1) is 6.86. The maximum absolute atomic E-state index is 10.8. The molecular formula is C4H4O7S4. The van der Waals surface area contributed by atoms with Gasteiger partial charge in [0.2, 0.25) is 16.2 Å². The Morgan fingerprint density at radius 2 is 1.40 bits per heavy atom. The van der Waals surface area contributed by atoms with Gasteiger partial charge in [0, 0.05) is 0 Å². The summed E-state index contributed by atoms with van der Waals surface area (Å²) in [5.74, 6) is 0. The van der Waals surface area contributed by atoms with E-state index in [1.165, 1.54) is 0 Å². The molecule has 1 heterocycles. The van der Waals surface area contributed by atoms with E-state index in [1.54, 1.807) is 0 Å². The zero-order valence-corrected chi connectivity index (χ0v) is 9.99. The molecule has 0 amide bonds.